The molecule has 4 nitrogen and oxygen atoms in total. The molecule has 1 aliphatic rings. The van der Waals surface area contributed by atoms with Crippen LogP contribution in [0.15, 0.2) is 10.5 Å². The van der Waals surface area contributed by atoms with E-state index < -0.39 is 0 Å². The fraction of sp³-hybridized carbons (Fsp3) is 0.750. The third kappa shape index (κ3) is 4.08. The number of ether oxygens (including phenoxy) is 1. The molecule has 0 radical (unpaired) electrons. The maximum absolute atomic E-state index is 5.92. The Balaban J connectivity index is 1.93. The van der Waals surface area contributed by atoms with Crippen molar-refractivity contribution >= 4 is 0 Å². The number of furan rings is 1. The van der Waals surface area contributed by atoms with Crippen LogP contribution in [0.4, 0.5) is 0 Å². The molecule has 20 heavy (non-hydrogen) atoms. The quantitative estimate of drug-likeness (QED) is 0.779. The molecule has 0 saturated carbocycles. The van der Waals surface area contributed by atoms with Crippen molar-refractivity contribution < 1.29 is 9.15 Å². The van der Waals surface area contributed by atoms with E-state index in [0.29, 0.717) is 6.04 Å². The summed E-state index contributed by atoms with van der Waals surface area (Å²) < 4.78 is 11.5. The Hall–Kier alpha value is -0.840. The first-order chi connectivity index (χ1) is 9.74. The lowest BCUT2D eigenvalue weighted by atomic mass is 10.1. The Morgan fingerprint density at radius 3 is 3.00 bits per heavy atom. The fourth-order valence-electron chi connectivity index (χ4n) is 2.71. The summed E-state index contributed by atoms with van der Waals surface area (Å²) in [7, 11) is 0. The van der Waals surface area contributed by atoms with Crippen LogP contribution in [0.25, 0.3) is 0 Å². The first-order valence-corrected chi connectivity index (χ1v) is 7.85. The zero-order chi connectivity index (χ0) is 14.4. The molecule has 2 rings (SSSR count). The first kappa shape index (κ1) is 15.5. The zero-order valence-corrected chi connectivity index (χ0v) is 13.1. The molecule has 2 heterocycles. The molecule has 114 valence electrons. The smallest absolute Gasteiger partial charge is 0.118 e. The maximum atomic E-state index is 5.92. The molecule has 1 unspecified atom stereocenters. The van der Waals surface area contributed by atoms with Crippen molar-refractivity contribution in [2.75, 3.05) is 26.3 Å². The number of aryl methyl sites for hydroxylation is 1. The molecule has 1 N–H and O–H groups in total. The summed E-state index contributed by atoms with van der Waals surface area (Å²) in [5, 5.41) is 3.44. The van der Waals surface area contributed by atoms with Crippen LogP contribution in [0.5, 0.6) is 0 Å². The standard InChI is InChI=1S/C16H28N2O2/c1-4-6-17-10-14-9-16(20-13(14)3)11-18-7-8-19-12-15(18)5-2/h9,15,17H,4-8,10-12H2,1-3H3. The minimum absolute atomic E-state index is 0.524. The second kappa shape index (κ2) is 7.81. The van der Waals surface area contributed by atoms with Gasteiger partial charge in [0.15, 0.2) is 0 Å². The van der Waals surface area contributed by atoms with Gasteiger partial charge in [0.2, 0.25) is 0 Å². The maximum Gasteiger partial charge on any atom is 0.118 e. The van der Waals surface area contributed by atoms with Crippen LogP contribution in [0.3, 0.4) is 0 Å². The van der Waals surface area contributed by atoms with Gasteiger partial charge in [-0.1, -0.05) is 13.8 Å². The summed E-state index contributed by atoms with van der Waals surface area (Å²) in [6.45, 7) is 12.0. The molecule has 0 aromatic carbocycles. The molecule has 1 saturated heterocycles. The van der Waals surface area contributed by atoms with Gasteiger partial charge in [0.25, 0.3) is 0 Å². The van der Waals surface area contributed by atoms with Gasteiger partial charge in [-0.25, -0.2) is 0 Å². The minimum atomic E-state index is 0.524. The van der Waals surface area contributed by atoms with E-state index in [-0.39, 0.29) is 0 Å². The van der Waals surface area contributed by atoms with Gasteiger partial charge < -0.3 is 14.5 Å². The Morgan fingerprint density at radius 1 is 1.40 bits per heavy atom. The molecule has 0 amide bonds. The van der Waals surface area contributed by atoms with Crippen molar-refractivity contribution in [3.8, 4) is 0 Å². The van der Waals surface area contributed by atoms with E-state index in [2.05, 4.69) is 37.1 Å². The van der Waals surface area contributed by atoms with Crippen molar-refractivity contribution in [3.63, 3.8) is 0 Å². The highest BCUT2D eigenvalue weighted by Gasteiger charge is 2.22. The van der Waals surface area contributed by atoms with Gasteiger partial charge in [0.1, 0.15) is 11.5 Å². The Kier molecular flexibility index (Phi) is 6.07. The number of rotatable bonds is 7. The SMILES string of the molecule is CCCNCc1cc(CN2CCOCC2CC)oc1C. The lowest BCUT2D eigenvalue weighted by Crippen LogP contribution is -2.44. The number of hydrogen-bond acceptors (Lipinski definition) is 4. The van der Waals surface area contributed by atoms with Gasteiger partial charge in [0, 0.05) is 24.7 Å². The fourth-order valence-corrected chi connectivity index (χ4v) is 2.71. The minimum Gasteiger partial charge on any atom is -0.465 e. The summed E-state index contributed by atoms with van der Waals surface area (Å²) in [5.41, 5.74) is 1.29. The summed E-state index contributed by atoms with van der Waals surface area (Å²) in [5.74, 6) is 2.13. The van der Waals surface area contributed by atoms with Crippen molar-refractivity contribution in [2.24, 2.45) is 0 Å². The van der Waals surface area contributed by atoms with Gasteiger partial charge in [0.05, 0.1) is 19.8 Å². The van der Waals surface area contributed by atoms with Crippen LogP contribution >= 0.6 is 0 Å². The normalized spacial score (nSPS) is 20.4. The van der Waals surface area contributed by atoms with Crippen molar-refractivity contribution in [1.82, 2.24) is 10.2 Å². The predicted octanol–water partition coefficient (Wildman–Crippen LogP) is 2.70. The van der Waals surface area contributed by atoms with E-state index >= 15 is 0 Å². The third-order valence-electron chi connectivity index (χ3n) is 3.99. The monoisotopic (exact) mass is 280 g/mol. The lowest BCUT2D eigenvalue weighted by Gasteiger charge is -2.34. The average molecular weight is 280 g/mol. The molecule has 1 aromatic heterocycles. The van der Waals surface area contributed by atoms with E-state index in [1.165, 1.54) is 5.56 Å². The van der Waals surface area contributed by atoms with Crippen molar-refractivity contribution in [2.45, 2.75) is 52.7 Å². The molecule has 1 aliphatic heterocycles. The molecular weight excluding hydrogens is 252 g/mol. The summed E-state index contributed by atoms with van der Waals surface area (Å²) >= 11 is 0. The predicted molar refractivity (Wildman–Crippen MR) is 80.8 cm³/mol. The van der Waals surface area contributed by atoms with E-state index in [0.717, 1.165) is 63.8 Å². The molecule has 4 heteroatoms. The number of morpholine rings is 1. The zero-order valence-electron chi connectivity index (χ0n) is 13.1. The van der Waals surface area contributed by atoms with E-state index in [1.807, 2.05) is 0 Å². The number of hydrogen-bond donors (Lipinski definition) is 1. The van der Waals surface area contributed by atoms with E-state index in [4.69, 9.17) is 9.15 Å². The molecule has 1 aromatic rings. The molecule has 1 atom stereocenters. The molecule has 0 aliphatic carbocycles. The van der Waals surface area contributed by atoms with Crippen LogP contribution in [-0.4, -0.2) is 37.2 Å². The van der Waals surface area contributed by atoms with Crippen molar-refractivity contribution in [3.05, 3.63) is 23.2 Å². The number of nitrogens with one attached hydrogen (secondary N) is 1. The first-order valence-electron chi connectivity index (χ1n) is 7.85. The lowest BCUT2D eigenvalue weighted by molar-refractivity contribution is -0.0154. The summed E-state index contributed by atoms with van der Waals surface area (Å²) in [4.78, 5) is 2.48. The van der Waals surface area contributed by atoms with Gasteiger partial charge in [-0.2, -0.15) is 0 Å². The summed E-state index contributed by atoms with van der Waals surface area (Å²) in [6, 6.07) is 2.73. The van der Waals surface area contributed by atoms with Crippen LogP contribution in [0.2, 0.25) is 0 Å². The van der Waals surface area contributed by atoms with Gasteiger partial charge >= 0.3 is 0 Å². The van der Waals surface area contributed by atoms with E-state index in [1.54, 1.807) is 0 Å². The van der Waals surface area contributed by atoms with Crippen molar-refractivity contribution in [1.29, 1.82) is 0 Å². The second-order valence-electron chi connectivity index (χ2n) is 5.58. The molecule has 0 bridgehead atoms. The highest BCUT2D eigenvalue weighted by atomic mass is 16.5. The van der Waals surface area contributed by atoms with Crippen LogP contribution in [0.1, 0.15) is 43.8 Å². The average Bonchev–Trinajstić information content (AvgIpc) is 2.80. The molecular formula is C16H28N2O2. The topological polar surface area (TPSA) is 37.6 Å². The van der Waals surface area contributed by atoms with Gasteiger partial charge in [-0.05, 0) is 32.4 Å². The van der Waals surface area contributed by atoms with Gasteiger partial charge in [-0.3, -0.25) is 4.90 Å². The van der Waals surface area contributed by atoms with E-state index in [9.17, 15) is 0 Å². The van der Waals surface area contributed by atoms with Gasteiger partial charge in [-0.15, -0.1) is 0 Å². The molecule has 1 fully saturated rings. The second-order valence-corrected chi connectivity index (χ2v) is 5.58. The third-order valence-corrected chi connectivity index (χ3v) is 3.99. The Morgan fingerprint density at radius 2 is 2.25 bits per heavy atom. The largest absolute Gasteiger partial charge is 0.465 e. The van der Waals surface area contributed by atoms with Crippen LogP contribution in [-0.2, 0) is 17.8 Å². The number of nitrogens with zero attached hydrogens (tertiary/aromatic N) is 1. The van der Waals surface area contributed by atoms with Crippen LogP contribution < -0.4 is 5.32 Å². The highest BCUT2D eigenvalue weighted by Crippen LogP contribution is 2.19. The Labute approximate surface area is 122 Å². The van der Waals surface area contributed by atoms with Crippen LogP contribution in [0, 0.1) is 6.92 Å². The highest BCUT2D eigenvalue weighted by molar-refractivity contribution is 5.20. The Bertz CT molecular complexity index is 403. The summed E-state index contributed by atoms with van der Waals surface area (Å²) in [6.07, 6.45) is 2.29. The molecule has 0 spiro atoms.